The monoisotopic (exact) mass is 321 g/mol. The molecule has 3 rings (SSSR count). The number of amides is 1. The second kappa shape index (κ2) is 6.07. The van der Waals surface area contributed by atoms with Crippen LogP contribution in [-0.2, 0) is 9.53 Å². The Bertz CT molecular complexity index is 589. The molecule has 2 fully saturated rings. The van der Waals surface area contributed by atoms with Crippen molar-refractivity contribution >= 4 is 11.6 Å². The lowest BCUT2D eigenvalue weighted by atomic mass is 9.97. The molecule has 1 amide bonds. The van der Waals surface area contributed by atoms with Crippen molar-refractivity contribution in [1.82, 2.24) is 10.3 Å². The molecule has 1 N–H and O–H groups in total. The quantitative estimate of drug-likeness (QED) is 0.901. The van der Waals surface area contributed by atoms with Crippen molar-refractivity contribution in [1.29, 1.82) is 0 Å². The Hall–Kier alpha value is -1.69. The van der Waals surface area contributed by atoms with E-state index in [1.54, 1.807) is 26.1 Å². The normalized spacial score (nSPS) is 24.8. The number of anilines is 1. The molecule has 1 aliphatic heterocycles. The largest absolute Gasteiger partial charge is 0.369 e. The first kappa shape index (κ1) is 16.2. The van der Waals surface area contributed by atoms with Gasteiger partial charge in [0.1, 0.15) is 5.60 Å². The summed E-state index contributed by atoms with van der Waals surface area (Å²) in [6, 6.07) is 1.72. The van der Waals surface area contributed by atoms with Crippen LogP contribution in [0.5, 0.6) is 0 Å². The molecule has 6 heteroatoms. The number of hydrogen-bond donors (Lipinski definition) is 1. The van der Waals surface area contributed by atoms with Gasteiger partial charge in [0.05, 0.1) is 17.9 Å². The lowest BCUT2D eigenvalue weighted by Crippen LogP contribution is -2.50. The van der Waals surface area contributed by atoms with Crippen LogP contribution in [0.2, 0.25) is 0 Å². The zero-order valence-electron chi connectivity index (χ0n) is 13.9. The molecule has 0 unspecified atom stereocenters. The van der Waals surface area contributed by atoms with Crippen LogP contribution in [0.25, 0.3) is 0 Å². The molecular formula is C17H24FN3O2. The van der Waals surface area contributed by atoms with Crippen molar-refractivity contribution in [2.45, 2.75) is 38.3 Å². The van der Waals surface area contributed by atoms with Gasteiger partial charge < -0.3 is 15.0 Å². The number of carbonyl (C=O) groups excluding carboxylic acids is 1. The third kappa shape index (κ3) is 3.32. The number of carbonyl (C=O) groups is 1. The Morgan fingerprint density at radius 3 is 2.78 bits per heavy atom. The molecule has 0 radical (unpaired) electrons. The fourth-order valence-corrected chi connectivity index (χ4v) is 3.24. The molecule has 1 saturated heterocycles. The minimum Gasteiger partial charge on any atom is -0.369 e. The smallest absolute Gasteiger partial charge is 0.251 e. The number of rotatable bonds is 5. The van der Waals surface area contributed by atoms with Crippen molar-refractivity contribution in [3.05, 3.63) is 24.3 Å². The van der Waals surface area contributed by atoms with Crippen LogP contribution in [0.3, 0.4) is 0 Å². The number of pyridine rings is 1. The molecule has 2 heterocycles. The minimum absolute atomic E-state index is 0.0250. The van der Waals surface area contributed by atoms with Crippen molar-refractivity contribution < 1.29 is 13.9 Å². The molecule has 0 spiro atoms. The highest BCUT2D eigenvalue weighted by Crippen LogP contribution is 2.42. The van der Waals surface area contributed by atoms with E-state index in [-0.39, 0.29) is 17.8 Å². The first-order chi connectivity index (χ1) is 10.9. The van der Waals surface area contributed by atoms with Crippen LogP contribution in [0.15, 0.2) is 18.5 Å². The number of nitrogens with one attached hydrogen (secondary N) is 1. The topological polar surface area (TPSA) is 54.5 Å². The van der Waals surface area contributed by atoms with Gasteiger partial charge in [-0.2, -0.15) is 0 Å². The average Bonchev–Trinajstić information content (AvgIpc) is 3.29. The van der Waals surface area contributed by atoms with Gasteiger partial charge in [-0.15, -0.1) is 0 Å². The predicted octanol–water partition coefficient (Wildman–Crippen LogP) is 1.98. The summed E-state index contributed by atoms with van der Waals surface area (Å²) in [4.78, 5) is 18.2. The van der Waals surface area contributed by atoms with Gasteiger partial charge in [-0.3, -0.25) is 9.78 Å². The third-order valence-corrected chi connectivity index (χ3v) is 5.06. The Morgan fingerprint density at radius 2 is 2.17 bits per heavy atom. The number of aromatic nitrogens is 1. The first-order valence-electron chi connectivity index (χ1n) is 8.13. The van der Waals surface area contributed by atoms with Gasteiger partial charge in [-0.1, -0.05) is 0 Å². The zero-order valence-corrected chi connectivity index (χ0v) is 13.9. The maximum absolute atomic E-state index is 14.0. The Morgan fingerprint density at radius 1 is 1.43 bits per heavy atom. The van der Waals surface area contributed by atoms with E-state index in [1.807, 2.05) is 4.90 Å². The van der Waals surface area contributed by atoms with Gasteiger partial charge in [0.25, 0.3) is 5.91 Å². The van der Waals surface area contributed by atoms with Crippen LogP contribution < -0.4 is 10.2 Å². The number of hydrogen-bond acceptors (Lipinski definition) is 4. The molecule has 0 bridgehead atoms. The number of ether oxygens (including phenoxy) is 1. The molecule has 5 nitrogen and oxygen atoms in total. The summed E-state index contributed by atoms with van der Waals surface area (Å²) in [5.41, 5.74) is -0.294. The summed E-state index contributed by atoms with van der Waals surface area (Å²) in [7, 11) is 1.53. The van der Waals surface area contributed by atoms with E-state index in [4.69, 9.17) is 4.74 Å². The van der Waals surface area contributed by atoms with Crippen LogP contribution in [0.1, 0.15) is 26.7 Å². The van der Waals surface area contributed by atoms with E-state index in [9.17, 15) is 9.18 Å². The maximum Gasteiger partial charge on any atom is 0.251 e. The van der Waals surface area contributed by atoms with E-state index in [0.717, 1.165) is 6.54 Å². The van der Waals surface area contributed by atoms with Crippen LogP contribution in [0.4, 0.5) is 10.1 Å². The molecule has 1 saturated carbocycles. The minimum atomic E-state index is -0.858. The highest BCUT2D eigenvalue weighted by atomic mass is 19.1. The van der Waals surface area contributed by atoms with Crippen molar-refractivity contribution in [3.63, 3.8) is 0 Å². The van der Waals surface area contributed by atoms with Crippen LogP contribution >= 0.6 is 0 Å². The lowest BCUT2D eigenvalue weighted by molar-refractivity contribution is -0.140. The highest BCUT2D eigenvalue weighted by Gasteiger charge is 2.44. The van der Waals surface area contributed by atoms with Gasteiger partial charge in [0.2, 0.25) is 0 Å². The van der Waals surface area contributed by atoms with E-state index in [2.05, 4.69) is 10.3 Å². The Labute approximate surface area is 136 Å². The van der Waals surface area contributed by atoms with Crippen molar-refractivity contribution in [3.8, 4) is 0 Å². The van der Waals surface area contributed by atoms with Crippen LogP contribution in [0, 0.1) is 17.7 Å². The summed E-state index contributed by atoms with van der Waals surface area (Å²) in [6.07, 6.45) is 5.22. The summed E-state index contributed by atoms with van der Waals surface area (Å²) >= 11 is 0. The second-order valence-corrected chi connectivity index (χ2v) is 7.03. The van der Waals surface area contributed by atoms with E-state index in [0.29, 0.717) is 24.1 Å². The number of methoxy groups -OCH3 is 1. The predicted molar refractivity (Wildman–Crippen MR) is 85.6 cm³/mol. The molecule has 2 atom stereocenters. The highest BCUT2D eigenvalue weighted by molar-refractivity contribution is 5.84. The molecule has 1 aromatic heterocycles. The molecule has 0 aromatic carbocycles. The molecular weight excluding hydrogens is 297 g/mol. The Balaban J connectivity index is 1.75. The molecule has 126 valence electrons. The third-order valence-electron chi connectivity index (χ3n) is 5.06. The number of halogens is 1. The summed E-state index contributed by atoms with van der Waals surface area (Å²) in [5, 5.41) is 3.12. The molecule has 1 aliphatic carbocycles. The molecule has 23 heavy (non-hydrogen) atoms. The number of nitrogens with zero attached hydrogens (tertiary/aromatic N) is 2. The van der Waals surface area contributed by atoms with Gasteiger partial charge in [0.15, 0.2) is 5.82 Å². The van der Waals surface area contributed by atoms with Crippen molar-refractivity contribution in [2.75, 3.05) is 25.1 Å². The maximum atomic E-state index is 14.0. The SMILES string of the molecule is COC(C)(C)C(=O)N[C@@H]1CN(c2ccncc2F)C[C@H]1C1CC1. The zero-order chi connectivity index (χ0) is 16.6. The fraction of sp³-hybridized carbons (Fsp3) is 0.647. The average molecular weight is 321 g/mol. The van der Waals surface area contributed by atoms with Crippen molar-refractivity contribution in [2.24, 2.45) is 11.8 Å². The van der Waals surface area contributed by atoms with E-state index >= 15 is 0 Å². The van der Waals surface area contributed by atoms with Gasteiger partial charge in [0, 0.05) is 32.3 Å². The van der Waals surface area contributed by atoms with Gasteiger partial charge >= 0.3 is 0 Å². The Kier molecular flexibility index (Phi) is 4.27. The van der Waals surface area contributed by atoms with Gasteiger partial charge in [-0.05, 0) is 38.7 Å². The summed E-state index contributed by atoms with van der Waals surface area (Å²) in [5.74, 6) is 0.555. The second-order valence-electron chi connectivity index (χ2n) is 7.03. The summed E-state index contributed by atoms with van der Waals surface area (Å²) in [6.45, 7) is 4.89. The first-order valence-corrected chi connectivity index (χ1v) is 8.13. The lowest BCUT2D eigenvalue weighted by Gasteiger charge is -2.26. The van der Waals surface area contributed by atoms with E-state index in [1.165, 1.54) is 26.1 Å². The van der Waals surface area contributed by atoms with Crippen LogP contribution in [-0.4, -0.2) is 42.7 Å². The van der Waals surface area contributed by atoms with Gasteiger partial charge in [-0.25, -0.2) is 4.39 Å². The fourth-order valence-electron chi connectivity index (χ4n) is 3.24. The summed E-state index contributed by atoms with van der Waals surface area (Å²) < 4.78 is 19.3. The van der Waals surface area contributed by atoms with E-state index < -0.39 is 5.60 Å². The molecule has 1 aromatic rings. The standard InChI is InChI=1S/C17H24FN3O2/c1-17(2,23-3)16(22)20-14-10-21(9-12(14)11-4-5-11)15-6-7-19-8-13(15)18/h6-8,11-12,14H,4-5,9-10H2,1-3H3,(H,20,22)/t12-,14+/m0/s1. The molecule has 2 aliphatic rings.